The normalized spacial score (nSPS) is 10.3. The van der Waals surface area contributed by atoms with Crippen molar-refractivity contribution in [1.29, 1.82) is 0 Å². The first-order valence-electron chi connectivity index (χ1n) is 5.24. The van der Waals surface area contributed by atoms with Crippen LogP contribution in [0.25, 0.3) is 0 Å². The largest absolute Gasteiger partial charge is 0.475 e. The van der Waals surface area contributed by atoms with E-state index in [1.807, 2.05) is 0 Å². The van der Waals surface area contributed by atoms with Gasteiger partial charge in [0, 0.05) is 38.3 Å². The van der Waals surface area contributed by atoms with Gasteiger partial charge in [-0.25, -0.2) is 4.98 Å². The van der Waals surface area contributed by atoms with E-state index in [1.165, 1.54) is 0 Å². The summed E-state index contributed by atoms with van der Waals surface area (Å²) in [5.74, 6) is 0.528. The second-order valence-electron chi connectivity index (χ2n) is 3.23. The van der Waals surface area contributed by atoms with Gasteiger partial charge in [-0.3, -0.25) is 0 Å². The molecule has 2 N–H and O–H groups in total. The van der Waals surface area contributed by atoms with E-state index in [1.54, 1.807) is 25.4 Å². The highest BCUT2D eigenvalue weighted by atomic mass is 16.5. The summed E-state index contributed by atoms with van der Waals surface area (Å²) in [7, 11) is 1.68. The summed E-state index contributed by atoms with van der Waals surface area (Å²) in [5, 5.41) is 0. The number of anilines is 1. The fraction of sp³-hybridized carbons (Fsp3) is 0.545. The molecule has 0 unspecified atom stereocenters. The van der Waals surface area contributed by atoms with Gasteiger partial charge < -0.3 is 19.9 Å². The van der Waals surface area contributed by atoms with Crippen LogP contribution in [-0.2, 0) is 9.47 Å². The number of nitrogen functional groups attached to an aromatic ring is 1. The van der Waals surface area contributed by atoms with Crippen molar-refractivity contribution >= 4 is 5.69 Å². The Labute approximate surface area is 95.5 Å². The van der Waals surface area contributed by atoms with E-state index in [0.29, 0.717) is 31.4 Å². The third-order valence-electron chi connectivity index (χ3n) is 1.87. The lowest BCUT2D eigenvalue weighted by Crippen LogP contribution is -2.09. The Balaban J connectivity index is 2.03. The standard InChI is InChI=1S/C11H18N2O3/c1-14-5-2-6-15-7-8-16-11-9-10(12)3-4-13-11/h3-4,9H,2,5-8H2,1H3,(H2,12,13). The van der Waals surface area contributed by atoms with Crippen LogP contribution in [0, 0.1) is 0 Å². The maximum absolute atomic E-state index is 5.58. The lowest BCUT2D eigenvalue weighted by Gasteiger charge is -2.06. The summed E-state index contributed by atoms with van der Waals surface area (Å²) in [5.41, 5.74) is 6.22. The Morgan fingerprint density at radius 3 is 2.88 bits per heavy atom. The Hall–Kier alpha value is -1.33. The number of nitrogens with zero attached hydrogens (tertiary/aromatic N) is 1. The zero-order chi connectivity index (χ0) is 11.6. The van der Waals surface area contributed by atoms with Gasteiger partial charge in [-0.15, -0.1) is 0 Å². The first kappa shape index (κ1) is 12.7. The van der Waals surface area contributed by atoms with E-state index in [0.717, 1.165) is 13.0 Å². The second-order valence-corrected chi connectivity index (χ2v) is 3.23. The molecule has 0 saturated heterocycles. The molecule has 0 radical (unpaired) electrons. The average molecular weight is 226 g/mol. The first-order valence-corrected chi connectivity index (χ1v) is 5.24. The van der Waals surface area contributed by atoms with Gasteiger partial charge >= 0.3 is 0 Å². The molecule has 0 spiro atoms. The third-order valence-corrected chi connectivity index (χ3v) is 1.87. The lowest BCUT2D eigenvalue weighted by molar-refractivity contribution is 0.0796. The highest BCUT2D eigenvalue weighted by molar-refractivity contribution is 5.39. The lowest BCUT2D eigenvalue weighted by atomic mass is 10.4. The minimum Gasteiger partial charge on any atom is -0.475 e. The van der Waals surface area contributed by atoms with Crippen LogP contribution < -0.4 is 10.5 Å². The highest BCUT2D eigenvalue weighted by Crippen LogP contribution is 2.09. The molecular weight excluding hydrogens is 208 g/mol. The second kappa shape index (κ2) is 7.90. The van der Waals surface area contributed by atoms with E-state index >= 15 is 0 Å². The summed E-state index contributed by atoms with van der Waals surface area (Å²) in [4.78, 5) is 4.01. The van der Waals surface area contributed by atoms with Gasteiger partial charge in [0.1, 0.15) is 6.61 Å². The predicted molar refractivity (Wildman–Crippen MR) is 61.5 cm³/mol. The molecule has 0 aliphatic heterocycles. The minimum atomic E-state index is 0.476. The number of ether oxygens (including phenoxy) is 3. The van der Waals surface area contributed by atoms with Gasteiger partial charge in [0.15, 0.2) is 0 Å². The summed E-state index contributed by atoms with van der Waals surface area (Å²) >= 11 is 0. The first-order chi connectivity index (χ1) is 7.83. The van der Waals surface area contributed by atoms with Crippen molar-refractivity contribution in [3.63, 3.8) is 0 Å². The summed E-state index contributed by atoms with van der Waals surface area (Å²) < 4.78 is 15.6. The fourth-order valence-corrected chi connectivity index (χ4v) is 1.12. The summed E-state index contributed by atoms with van der Waals surface area (Å²) in [6, 6.07) is 3.40. The molecule has 0 aliphatic rings. The van der Waals surface area contributed by atoms with E-state index in [9.17, 15) is 0 Å². The summed E-state index contributed by atoms with van der Waals surface area (Å²) in [6.07, 6.45) is 2.51. The van der Waals surface area contributed by atoms with Crippen LogP contribution in [-0.4, -0.2) is 38.5 Å². The molecule has 0 atom stereocenters. The molecule has 16 heavy (non-hydrogen) atoms. The fourth-order valence-electron chi connectivity index (χ4n) is 1.12. The van der Waals surface area contributed by atoms with Crippen molar-refractivity contribution in [2.24, 2.45) is 0 Å². The molecule has 0 aromatic carbocycles. The smallest absolute Gasteiger partial charge is 0.215 e. The molecule has 90 valence electrons. The van der Waals surface area contributed by atoms with E-state index < -0.39 is 0 Å². The quantitative estimate of drug-likeness (QED) is 0.672. The number of hydrogen-bond donors (Lipinski definition) is 1. The van der Waals surface area contributed by atoms with Gasteiger partial charge in [0.2, 0.25) is 5.88 Å². The zero-order valence-corrected chi connectivity index (χ0v) is 9.52. The molecule has 5 heteroatoms. The van der Waals surface area contributed by atoms with Gasteiger partial charge in [-0.05, 0) is 12.5 Å². The van der Waals surface area contributed by atoms with E-state index in [-0.39, 0.29) is 0 Å². The van der Waals surface area contributed by atoms with Gasteiger partial charge in [-0.2, -0.15) is 0 Å². The van der Waals surface area contributed by atoms with Crippen molar-refractivity contribution in [3.8, 4) is 5.88 Å². The number of rotatable bonds is 8. The monoisotopic (exact) mass is 226 g/mol. The Bertz CT molecular complexity index is 294. The molecule has 0 aliphatic carbocycles. The molecule has 0 fully saturated rings. The molecule has 5 nitrogen and oxygen atoms in total. The molecular formula is C11H18N2O3. The van der Waals surface area contributed by atoms with Gasteiger partial charge in [-0.1, -0.05) is 0 Å². The van der Waals surface area contributed by atoms with Crippen LogP contribution >= 0.6 is 0 Å². The summed E-state index contributed by atoms with van der Waals surface area (Å²) in [6.45, 7) is 2.42. The van der Waals surface area contributed by atoms with Crippen molar-refractivity contribution in [1.82, 2.24) is 4.98 Å². The number of nitrogens with two attached hydrogens (primary N) is 1. The molecule has 0 saturated carbocycles. The van der Waals surface area contributed by atoms with Crippen molar-refractivity contribution in [2.45, 2.75) is 6.42 Å². The molecule has 0 bridgehead atoms. The molecule has 0 amide bonds. The van der Waals surface area contributed by atoms with Crippen LogP contribution in [0.4, 0.5) is 5.69 Å². The van der Waals surface area contributed by atoms with Crippen molar-refractivity contribution < 1.29 is 14.2 Å². The van der Waals surface area contributed by atoms with Crippen molar-refractivity contribution in [2.75, 3.05) is 39.3 Å². The number of methoxy groups -OCH3 is 1. The van der Waals surface area contributed by atoms with Gasteiger partial charge in [0.25, 0.3) is 0 Å². The molecule has 1 rings (SSSR count). The Morgan fingerprint density at radius 2 is 2.12 bits per heavy atom. The number of hydrogen-bond acceptors (Lipinski definition) is 5. The number of pyridine rings is 1. The van der Waals surface area contributed by atoms with Crippen molar-refractivity contribution in [3.05, 3.63) is 18.3 Å². The Kier molecular flexibility index (Phi) is 6.29. The maximum Gasteiger partial charge on any atom is 0.215 e. The average Bonchev–Trinajstić information content (AvgIpc) is 2.28. The van der Waals surface area contributed by atoms with Crippen LogP contribution in [0.3, 0.4) is 0 Å². The Morgan fingerprint density at radius 1 is 1.25 bits per heavy atom. The molecule has 1 aromatic heterocycles. The predicted octanol–water partition coefficient (Wildman–Crippen LogP) is 1.10. The SMILES string of the molecule is COCCCOCCOc1cc(N)ccn1. The zero-order valence-electron chi connectivity index (χ0n) is 9.52. The van der Waals surface area contributed by atoms with Crippen LogP contribution in [0.2, 0.25) is 0 Å². The van der Waals surface area contributed by atoms with Crippen LogP contribution in [0.5, 0.6) is 5.88 Å². The minimum absolute atomic E-state index is 0.476. The van der Waals surface area contributed by atoms with Crippen LogP contribution in [0.15, 0.2) is 18.3 Å². The third kappa shape index (κ3) is 5.53. The van der Waals surface area contributed by atoms with E-state index in [4.69, 9.17) is 19.9 Å². The van der Waals surface area contributed by atoms with Gasteiger partial charge in [0.05, 0.1) is 6.61 Å². The highest BCUT2D eigenvalue weighted by Gasteiger charge is 1.95. The molecule has 1 heterocycles. The topological polar surface area (TPSA) is 66.6 Å². The maximum atomic E-state index is 5.58. The van der Waals surface area contributed by atoms with Crippen LogP contribution in [0.1, 0.15) is 6.42 Å². The van der Waals surface area contributed by atoms with E-state index in [2.05, 4.69) is 4.98 Å². The molecule has 1 aromatic rings. The number of aromatic nitrogens is 1.